The molecule has 3 aromatic rings. The van der Waals surface area contributed by atoms with Crippen molar-refractivity contribution in [2.45, 2.75) is 16.7 Å². The highest BCUT2D eigenvalue weighted by molar-refractivity contribution is 7.99. The molecule has 4 heteroatoms. The van der Waals surface area contributed by atoms with E-state index in [1.807, 2.05) is 37.3 Å². The largest absolute Gasteiger partial charge is 0.399 e. The van der Waals surface area contributed by atoms with Crippen molar-refractivity contribution in [2.75, 3.05) is 5.73 Å². The zero-order chi connectivity index (χ0) is 13.2. The van der Waals surface area contributed by atoms with E-state index in [0.717, 1.165) is 27.2 Å². The van der Waals surface area contributed by atoms with Gasteiger partial charge in [-0.1, -0.05) is 11.8 Å². The predicted molar refractivity (Wildman–Crippen MR) is 79.3 cm³/mol. The Morgan fingerprint density at radius 3 is 2.63 bits per heavy atom. The molecular formula is C15H13N3S. The maximum Gasteiger partial charge on any atom is 0.0718 e. The van der Waals surface area contributed by atoms with Gasteiger partial charge in [-0.25, -0.2) is 0 Å². The highest BCUT2D eigenvalue weighted by Gasteiger charge is 2.06. The summed E-state index contributed by atoms with van der Waals surface area (Å²) in [6.45, 7) is 2.01. The van der Waals surface area contributed by atoms with Crippen molar-refractivity contribution in [1.29, 1.82) is 0 Å². The highest BCUT2D eigenvalue weighted by atomic mass is 32.2. The Hall–Kier alpha value is -2.07. The van der Waals surface area contributed by atoms with E-state index < -0.39 is 0 Å². The van der Waals surface area contributed by atoms with Crippen molar-refractivity contribution in [3.63, 3.8) is 0 Å². The number of nitrogens with two attached hydrogens (primary N) is 1. The number of nitrogen functional groups attached to an aromatic ring is 1. The van der Waals surface area contributed by atoms with Crippen LogP contribution in [0, 0.1) is 6.92 Å². The van der Waals surface area contributed by atoms with Crippen LogP contribution >= 0.6 is 11.8 Å². The lowest BCUT2D eigenvalue weighted by atomic mass is 10.2. The Balaban J connectivity index is 2.14. The number of fused-ring (bicyclic) bond motifs is 1. The number of anilines is 1. The smallest absolute Gasteiger partial charge is 0.0718 e. The van der Waals surface area contributed by atoms with E-state index in [4.69, 9.17) is 5.73 Å². The molecule has 0 fully saturated rings. The second kappa shape index (κ2) is 4.90. The van der Waals surface area contributed by atoms with Crippen LogP contribution in [0.15, 0.2) is 58.6 Å². The minimum Gasteiger partial charge on any atom is -0.399 e. The molecule has 94 valence electrons. The normalized spacial score (nSPS) is 10.8. The van der Waals surface area contributed by atoms with Crippen LogP contribution in [0.3, 0.4) is 0 Å². The summed E-state index contributed by atoms with van der Waals surface area (Å²) < 4.78 is 0. The molecule has 2 heterocycles. The van der Waals surface area contributed by atoms with Gasteiger partial charge in [-0.2, -0.15) is 0 Å². The first kappa shape index (κ1) is 12.0. The van der Waals surface area contributed by atoms with Crippen molar-refractivity contribution >= 4 is 28.4 Å². The molecule has 1 aromatic carbocycles. The quantitative estimate of drug-likeness (QED) is 0.720. The third-order valence-electron chi connectivity index (χ3n) is 2.80. The number of aryl methyl sites for hydroxylation is 1. The Labute approximate surface area is 115 Å². The highest BCUT2D eigenvalue weighted by Crippen LogP contribution is 2.33. The van der Waals surface area contributed by atoms with Crippen LogP contribution in [0.2, 0.25) is 0 Å². The lowest BCUT2D eigenvalue weighted by molar-refractivity contribution is 1.21. The SMILES string of the molecule is Cc1cc(Sc2ccncc2)c2cc(N)ccc2n1. The molecule has 3 nitrogen and oxygen atoms in total. The van der Waals surface area contributed by atoms with Crippen molar-refractivity contribution in [1.82, 2.24) is 9.97 Å². The van der Waals surface area contributed by atoms with Gasteiger partial charge in [0, 0.05) is 39.0 Å². The minimum absolute atomic E-state index is 0.759. The summed E-state index contributed by atoms with van der Waals surface area (Å²) in [4.78, 5) is 10.9. The van der Waals surface area contributed by atoms with Gasteiger partial charge in [0.1, 0.15) is 0 Å². The fourth-order valence-corrected chi connectivity index (χ4v) is 2.97. The molecule has 19 heavy (non-hydrogen) atoms. The zero-order valence-corrected chi connectivity index (χ0v) is 11.3. The van der Waals surface area contributed by atoms with E-state index in [1.54, 1.807) is 24.2 Å². The lowest BCUT2D eigenvalue weighted by Gasteiger charge is -2.08. The number of pyridine rings is 2. The Morgan fingerprint density at radius 2 is 1.84 bits per heavy atom. The Morgan fingerprint density at radius 1 is 1.05 bits per heavy atom. The minimum atomic E-state index is 0.759. The molecule has 3 rings (SSSR count). The molecule has 0 aliphatic heterocycles. The van der Waals surface area contributed by atoms with E-state index >= 15 is 0 Å². The summed E-state index contributed by atoms with van der Waals surface area (Å²) in [7, 11) is 0. The van der Waals surface area contributed by atoms with Crippen molar-refractivity contribution < 1.29 is 0 Å². The molecule has 2 aromatic heterocycles. The molecule has 0 spiro atoms. The molecule has 0 amide bonds. The van der Waals surface area contributed by atoms with E-state index in [-0.39, 0.29) is 0 Å². The molecule has 0 radical (unpaired) electrons. The summed E-state index contributed by atoms with van der Waals surface area (Å²) >= 11 is 1.70. The van der Waals surface area contributed by atoms with E-state index in [9.17, 15) is 0 Å². The van der Waals surface area contributed by atoms with Crippen LogP contribution in [0.5, 0.6) is 0 Å². The average Bonchev–Trinajstić information content (AvgIpc) is 2.41. The monoisotopic (exact) mass is 267 g/mol. The molecule has 0 aliphatic carbocycles. The molecule has 2 N–H and O–H groups in total. The van der Waals surface area contributed by atoms with Crippen molar-refractivity contribution in [3.8, 4) is 0 Å². The second-order valence-electron chi connectivity index (χ2n) is 4.32. The van der Waals surface area contributed by atoms with Crippen LogP contribution in [-0.4, -0.2) is 9.97 Å². The average molecular weight is 267 g/mol. The van der Waals surface area contributed by atoms with Crippen LogP contribution in [0.1, 0.15) is 5.69 Å². The van der Waals surface area contributed by atoms with Gasteiger partial charge < -0.3 is 5.73 Å². The van der Waals surface area contributed by atoms with Crippen molar-refractivity contribution in [2.24, 2.45) is 0 Å². The predicted octanol–water partition coefficient (Wildman–Crippen LogP) is 3.67. The summed E-state index contributed by atoms with van der Waals surface area (Å²) in [5.74, 6) is 0. The van der Waals surface area contributed by atoms with Gasteiger partial charge >= 0.3 is 0 Å². The molecule has 0 bridgehead atoms. The van der Waals surface area contributed by atoms with Gasteiger partial charge in [-0.05, 0) is 43.3 Å². The number of rotatable bonds is 2. The molecule has 0 atom stereocenters. The summed E-state index contributed by atoms with van der Waals surface area (Å²) in [6.07, 6.45) is 3.60. The first-order valence-electron chi connectivity index (χ1n) is 5.97. The molecule has 0 saturated heterocycles. The van der Waals surface area contributed by atoms with Gasteiger partial charge in [0.25, 0.3) is 0 Å². The van der Waals surface area contributed by atoms with Gasteiger partial charge in [0.15, 0.2) is 0 Å². The van der Waals surface area contributed by atoms with Crippen molar-refractivity contribution in [3.05, 3.63) is 54.5 Å². The number of aromatic nitrogens is 2. The Bertz CT molecular complexity index is 726. The fraction of sp³-hybridized carbons (Fsp3) is 0.0667. The molecule has 0 saturated carbocycles. The third kappa shape index (κ3) is 2.53. The number of hydrogen-bond donors (Lipinski definition) is 1. The van der Waals surface area contributed by atoms with Crippen LogP contribution in [0.25, 0.3) is 10.9 Å². The van der Waals surface area contributed by atoms with Crippen LogP contribution in [-0.2, 0) is 0 Å². The van der Waals surface area contributed by atoms with Crippen LogP contribution in [0.4, 0.5) is 5.69 Å². The molecule has 0 aliphatic rings. The van der Waals surface area contributed by atoms with Gasteiger partial charge in [-0.3, -0.25) is 9.97 Å². The maximum atomic E-state index is 5.88. The zero-order valence-electron chi connectivity index (χ0n) is 10.5. The second-order valence-corrected chi connectivity index (χ2v) is 5.44. The van der Waals surface area contributed by atoms with E-state index in [1.165, 1.54) is 4.90 Å². The topological polar surface area (TPSA) is 51.8 Å². The third-order valence-corrected chi connectivity index (χ3v) is 3.87. The number of nitrogens with zero attached hydrogens (tertiary/aromatic N) is 2. The van der Waals surface area contributed by atoms with E-state index in [0.29, 0.717) is 0 Å². The molecular weight excluding hydrogens is 254 g/mol. The fourth-order valence-electron chi connectivity index (χ4n) is 1.96. The first-order valence-corrected chi connectivity index (χ1v) is 6.79. The van der Waals surface area contributed by atoms with Crippen LogP contribution < -0.4 is 5.73 Å². The van der Waals surface area contributed by atoms with Gasteiger partial charge in [0.05, 0.1) is 5.52 Å². The first-order chi connectivity index (χ1) is 9.22. The lowest BCUT2D eigenvalue weighted by Crippen LogP contribution is -1.90. The summed E-state index contributed by atoms with van der Waals surface area (Å²) in [5, 5.41) is 1.09. The standard InChI is InChI=1S/C15H13N3S/c1-10-8-15(19-12-4-6-17-7-5-12)13-9-11(16)2-3-14(13)18-10/h2-9H,16H2,1H3. The Kier molecular flexibility index (Phi) is 3.09. The number of hydrogen-bond acceptors (Lipinski definition) is 4. The van der Waals surface area contributed by atoms with Gasteiger partial charge in [-0.15, -0.1) is 0 Å². The summed E-state index contributed by atoms with van der Waals surface area (Å²) in [6, 6.07) is 11.9. The molecule has 0 unspecified atom stereocenters. The number of benzene rings is 1. The maximum absolute atomic E-state index is 5.88. The van der Waals surface area contributed by atoms with E-state index in [2.05, 4.69) is 16.0 Å². The summed E-state index contributed by atoms with van der Waals surface area (Å²) in [5.41, 5.74) is 8.62. The van der Waals surface area contributed by atoms with Gasteiger partial charge in [0.2, 0.25) is 0 Å².